The minimum absolute atomic E-state index is 0.132. The van der Waals surface area contributed by atoms with Crippen LogP contribution in [0.5, 0.6) is 5.88 Å². The molecule has 5 N–H and O–H groups in total. The van der Waals surface area contributed by atoms with Crippen LogP contribution in [0.15, 0.2) is 35.1 Å². The van der Waals surface area contributed by atoms with Crippen LogP contribution < -0.4 is 17.2 Å². The van der Waals surface area contributed by atoms with E-state index in [-0.39, 0.29) is 11.6 Å². The quantitative estimate of drug-likeness (QED) is 0.518. The molecule has 1 aliphatic rings. The van der Waals surface area contributed by atoms with Gasteiger partial charge < -0.3 is 16.6 Å². The number of primary amides is 1. The fraction of sp³-hybridized carbons (Fsp3) is 0.565. The molecular weight excluding hydrogens is 380 g/mol. The Morgan fingerprint density at radius 1 is 1.13 bits per heavy atom. The molecule has 1 saturated carbocycles. The van der Waals surface area contributed by atoms with E-state index >= 15 is 0 Å². The Balaban J connectivity index is 1.98. The van der Waals surface area contributed by atoms with E-state index in [0.29, 0.717) is 37.5 Å². The van der Waals surface area contributed by atoms with E-state index in [9.17, 15) is 14.7 Å². The first-order valence-electron chi connectivity index (χ1n) is 11.1. The van der Waals surface area contributed by atoms with E-state index in [0.717, 1.165) is 44.1 Å². The van der Waals surface area contributed by atoms with Crippen LogP contribution in [-0.4, -0.2) is 26.7 Å². The van der Waals surface area contributed by atoms with Crippen LogP contribution in [0, 0.1) is 5.92 Å². The number of imidazole rings is 1. The van der Waals surface area contributed by atoms with Gasteiger partial charge in [-0.05, 0) is 43.7 Å². The Morgan fingerprint density at radius 3 is 2.47 bits per heavy atom. The number of nitrogens with two attached hydrogens (primary N) is 2. The zero-order chi connectivity index (χ0) is 21.5. The zero-order valence-corrected chi connectivity index (χ0v) is 17.6. The Kier molecular flexibility index (Phi) is 7.74. The molecule has 1 aromatic carbocycles. The molecule has 7 nitrogen and oxygen atoms in total. The average molecular weight is 415 g/mol. The van der Waals surface area contributed by atoms with Crippen LogP contribution in [0.3, 0.4) is 0 Å². The number of unbranched alkanes of at least 4 members (excludes halogenated alkanes) is 1. The summed E-state index contributed by atoms with van der Waals surface area (Å²) in [7, 11) is 0. The molecule has 164 valence electrons. The standard InChI is InChI=1S/C23H34N4O3/c24-14-8-7-13-19-22(29)27(20(21(25)28)15-17-9-3-1-4-10-17)23(30)26(19)16-18-11-5-2-6-12-18/h2,5-6,11-12,17,20,29H,1,3-4,7-10,13-16,24H2,(H2,25,28)/t20-/m0/s1. The molecule has 0 saturated heterocycles. The van der Waals surface area contributed by atoms with Crippen LogP contribution in [0.2, 0.25) is 0 Å². The van der Waals surface area contributed by atoms with Crippen LogP contribution in [0.4, 0.5) is 0 Å². The fourth-order valence-corrected chi connectivity index (χ4v) is 4.58. The van der Waals surface area contributed by atoms with Crippen molar-refractivity contribution >= 4 is 5.91 Å². The zero-order valence-electron chi connectivity index (χ0n) is 17.6. The van der Waals surface area contributed by atoms with Gasteiger partial charge in [0.15, 0.2) is 0 Å². The maximum Gasteiger partial charge on any atom is 0.332 e. The number of hydrogen-bond acceptors (Lipinski definition) is 4. The van der Waals surface area contributed by atoms with Gasteiger partial charge >= 0.3 is 5.69 Å². The van der Waals surface area contributed by atoms with Gasteiger partial charge in [-0.15, -0.1) is 0 Å². The molecule has 3 rings (SSSR count). The van der Waals surface area contributed by atoms with Gasteiger partial charge in [-0.25, -0.2) is 4.79 Å². The SMILES string of the molecule is NCCCCc1c(O)n([C@@H](CC2CCCCC2)C(N)=O)c(=O)n1Cc1ccccc1. The largest absolute Gasteiger partial charge is 0.493 e. The highest BCUT2D eigenvalue weighted by Crippen LogP contribution is 2.33. The second kappa shape index (κ2) is 10.5. The third-order valence-corrected chi connectivity index (χ3v) is 6.22. The normalized spacial score (nSPS) is 15.9. The van der Waals surface area contributed by atoms with Gasteiger partial charge in [0.25, 0.3) is 0 Å². The van der Waals surface area contributed by atoms with Crippen molar-refractivity contribution in [2.24, 2.45) is 17.4 Å². The van der Waals surface area contributed by atoms with Gasteiger partial charge in [-0.3, -0.25) is 13.9 Å². The molecule has 0 unspecified atom stereocenters. The summed E-state index contributed by atoms with van der Waals surface area (Å²) in [5.74, 6) is -0.350. The van der Waals surface area contributed by atoms with Gasteiger partial charge in [-0.2, -0.15) is 0 Å². The molecule has 0 spiro atoms. The van der Waals surface area contributed by atoms with Crippen molar-refractivity contribution in [3.8, 4) is 5.88 Å². The van der Waals surface area contributed by atoms with E-state index < -0.39 is 11.9 Å². The molecule has 1 aliphatic carbocycles. The lowest BCUT2D eigenvalue weighted by molar-refractivity contribution is -0.122. The molecule has 0 radical (unpaired) electrons. The molecule has 7 heteroatoms. The lowest BCUT2D eigenvalue weighted by Gasteiger charge is -2.25. The minimum Gasteiger partial charge on any atom is -0.493 e. The molecule has 1 atom stereocenters. The molecule has 0 aliphatic heterocycles. The second-order valence-corrected chi connectivity index (χ2v) is 8.40. The number of amides is 1. The first-order chi connectivity index (χ1) is 14.5. The minimum atomic E-state index is -0.828. The van der Waals surface area contributed by atoms with Crippen molar-refractivity contribution in [1.82, 2.24) is 9.13 Å². The topological polar surface area (TPSA) is 116 Å². The Bertz CT molecular complexity index is 882. The molecule has 1 fully saturated rings. The van der Waals surface area contributed by atoms with E-state index in [1.165, 1.54) is 11.0 Å². The first kappa shape index (κ1) is 22.2. The Hall–Kier alpha value is -2.54. The summed E-state index contributed by atoms with van der Waals surface area (Å²) in [6.07, 6.45) is 8.13. The lowest BCUT2D eigenvalue weighted by atomic mass is 9.84. The summed E-state index contributed by atoms with van der Waals surface area (Å²) in [5.41, 5.74) is 12.5. The summed E-state index contributed by atoms with van der Waals surface area (Å²) >= 11 is 0. The molecule has 0 bridgehead atoms. The third-order valence-electron chi connectivity index (χ3n) is 6.22. The summed E-state index contributed by atoms with van der Waals surface area (Å²) in [5, 5.41) is 11.0. The van der Waals surface area contributed by atoms with Crippen molar-refractivity contribution in [2.45, 2.75) is 70.4 Å². The first-order valence-corrected chi connectivity index (χ1v) is 11.1. The number of carbonyl (C=O) groups is 1. The second-order valence-electron chi connectivity index (χ2n) is 8.40. The van der Waals surface area contributed by atoms with E-state index in [2.05, 4.69) is 0 Å². The highest BCUT2D eigenvalue weighted by atomic mass is 16.3. The lowest BCUT2D eigenvalue weighted by Crippen LogP contribution is -2.36. The third kappa shape index (κ3) is 5.14. The fourth-order valence-electron chi connectivity index (χ4n) is 4.58. The van der Waals surface area contributed by atoms with Crippen molar-refractivity contribution in [3.05, 3.63) is 52.1 Å². The average Bonchev–Trinajstić information content (AvgIpc) is 2.97. The van der Waals surface area contributed by atoms with Gasteiger partial charge in [-0.1, -0.05) is 62.4 Å². The summed E-state index contributed by atoms with van der Waals surface area (Å²) in [6.45, 7) is 0.892. The van der Waals surface area contributed by atoms with Gasteiger partial charge in [0.2, 0.25) is 11.8 Å². The number of benzene rings is 1. The number of nitrogens with zero attached hydrogens (tertiary/aromatic N) is 2. The highest BCUT2D eigenvalue weighted by Gasteiger charge is 2.30. The van der Waals surface area contributed by atoms with Crippen LogP contribution in [0.25, 0.3) is 0 Å². The molecule has 1 aromatic heterocycles. The number of aromatic nitrogens is 2. The molecular formula is C23H34N4O3. The monoisotopic (exact) mass is 414 g/mol. The number of carbonyl (C=O) groups excluding carboxylic acids is 1. The van der Waals surface area contributed by atoms with Crippen molar-refractivity contribution in [3.63, 3.8) is 0 Å². The number of rotatable bonds is 10. The van der Waals surface area contributed by atoms with Crippen LogP contribution >= 0.6 is 0 Å². The van der Waals surface area contributed by atoms with Crippen molar-refractivity contribution < 1.29 is 9.90 Å². The maximum atomic E-state index is 13.4. The van der Waals surface area contributed by atoms with E-state index in [1.54, 1.807) is 4.57 Å². The van der Waals surface area contributed by atoms with E-state index in [1.807, 2.05) is 30.3 Å². The summed E-state index contributed by atoms with van der Waals surface area (Å²) in [4.78, 5) is 25.7. The molecule has 1 heterocycles. The molecule has 30 heavy (non-hydrogen) atoms. The number of aromatic hydroxyl groups is 1. The number of hydrogen-bond donors (Lipinski definition) is 3. The predicted molar refractivity (Wildman–Crippen MR) is 117 cm³/mol. The highest BCUT2D eigenvalue weighted by molar-refractivity contribution is 5.78. The Morgan fingerprint density at radius 2 is 1.83 bits per heavy atom. The van der Waals surface area contributed by atoms with Gasteiger partial charge in [0, 0.05) is 0 Å². The van der Waals surface area contributed by atoms with Gasteiger partial charge in [0.1, 0.15) is 6.04 Å². The molecule has 1 amide bonds. The van der Waals surface area contributed by atoms with Crippen molar-refractivity contribution in [1.29, 1.82) is 0 Å². The molecule has 2 aromatic rings. The van der Waals surface area contributed by atoms with Crippen LogP contribution in [0.1, 0.15) is 68.7 Å². The van der Waals surface area contributed by atoms with Crippen molar-refractivity contribution in [2.75, 3.05) is 6.54 Å². The summed E-state index contributed by atoms with van der Waals surface area (Å²) < 4.78 is 2.82. The van der Waals surface area contributed by atoms with Gasteiger partial charge in [0.05, 0.1) is 12.2 Å². The van der Waals surface area contributed by atoms with Crippen LogP contribution in [-0.2, 0) is 17.8 Å². The Labute approximate surface area is 177 Å². The summed E-state index contributed by atoms with van der Waals surface area (Å²) in [6, 6.07) is 8.81. The van der Waals surface area contributed by atoms with E-state index in [4.69, 9.17) is 11.5 Å². The maximum absolute atomic E-state index is 13.4. The predicted octanol–water partition coefficient (Wildman–Crippen LogP) is 2.68. The smallest absolute Gasteiger partial charge is 0.332 e.